The summed E-state index contributed by atoms with van der Waals surface area (Å²) in [6.07, 6.45) is 4.47. The summed E-state index contributed by atoms with van der Waals surface area (Å²) in [6, 6.07) is 3.82. The van der Waals surface area contributed by atoms with E-state index in [0.29, 0.717) is 42.8 Å². The molecule has 4 amide bonds. The molecular weight excluding hydrogens is 429 g/mol. The summed E-state index contributed by atoms with van der Waals surface area (Å²) in [6.45, 7) is 1.16. The monoisotopic (exact) mass is 451 g/mol. The first-order valence-corrected chi connectivity index (χ1v) is 10.9. The summed E-state index contributed by atoms with van der Waals surface area (Å²) in [5.41, 5.74) is 1.80. The van der Waals surface area contributed by atoms with Gasteiger partial charge in [0.1, 0.15) is 23.9 Å². The number of hydrogen-bond acceptors (Lipinski definition) is 6. The van der Waals surface area contributed by atoms with Gasteiger partial charge in [0, 0.05) is 37.8 Å². The van der Waals surface area contributed by atoms with Crippen molar-refractivity contribution in [2.24, 2.45) is 0 Å². The fraction of sp³-hybridized carbons (Fsp3) is 0.391. The minimum atomic E-state index is -0.731. The number of fused-ring (bicyclic) bond motifs is 1. The number of piperidine rings is 2. The number of carbonyl (C=O) groups excluding carboxylic acids is 4. The van der Waals surface area contributed by atoms with Crippen molar-refractivity contribution >= 4 is 23.6 Å². The number of hydrogen-bond donors (Lipinski definition) is 1. The van der Waals surface area contributed by atoms with E-state index in [4.69, 9.17) is 0 Å². The molecule has 2 aromatic rings. The number of imide groups is 1. The van der Waals surface area contributed by atoms with Gasteiger partial charge in [-0.05, 0) is 48.4 Å². The van der Waals surface area contributed by atoms with Gasteiger partial charge in [0.2, 0.25) is 11.8 Å². The lowest BCUT2D eigenvalue weighted by Crippen LogP contribution is -2.52. The molecule has 0 aliphatic carbocycles. The van der Waals surface area contributed by atoms with E-state index in [9.17, 15) is 19.2 Å². The molecule has 2 fully saturated rings. The molecule has 3 aliphatic heterocycles. The van der Waals surface area contributed by atoms with Crippen molar-refractivity contribution < 1.29 is 23.6 Å². The molecule has 1 unspecified atom stereocenters. The highest BCUT2D eigenvalue weighted by Gasteiger charge is 2.40. The van der Waals surface area contributed by atoms with Crippen molar-refractivity contribution in [2.45, 2.75) is 44.2 Å². The van der Waals surface area contributed by atoms with Crippen molar-refractivity contribution in [3.05, 3.63) is 58.9 Å². The second-order valence-electron chi connectivity index (χ2n) is 8.59. The molecule has 0 bridgehead atoms. The first kappa shape index (κ1) is 21.2. The number of aromatic nitrogens is 2. The zero-order valence-corrected chi connectivity index (χ0v) is 17.8. The van der Waals surface area contributed by atoms with Crippen LogP contribution in [0.2, 0.25) is 0 Å². The molecule has 0 spiro atoms. The third-order valence-electron chi connectivity index (χ3n) is 6.66. The molecular formula is C23H22FN5O4. The van der Waals surface area contributed by atoms with Gasteiger partial charge < -0.3 is 9.80 Å². The lowest BCUT2D eigenvalue weighted by Gasteiger charge is -2.32. The Balaban J connectivity index is 1.29. The minimum Gasteiger partial charge on any atom is -0.337 e. The van der Waals surface area contributed by atoms with E-state index < -0.39 is 23.7 Å². The third-order valence-corrected chi connectivity index (χ3v) is 6.66. The zero-order valence-electron chi connectivity index (χ0n) is 17.8. The average Bonchev–Trinajstić information content (AvgIpc) is 3.14. The maximum absolute atomic E-state index is 15.0. The van der Waals surface area contributed by atoms with Crippen LogP contribution in [0.15, 0.2) is 30.7 Å². The van der Waals surface area contributed by atoms with Gasteiger partial charge >= 0.3 is 0 Å². The second kappa shape index (κ2) is 8.34. The number of nitrogens with one attached hydrogen (secondary N) is 1. The van der Waals surface area contributed by atoms with Gasteiger partial charge in [0.25, 0.3) is 11.8 Å². The highest BCUT2D eigenvalue weighted by Crippen LogP contribution is 2.35. The van der Waals surface area contributed by atoms with Crippen molar-refractivity contribution in [3.63, 3.8) is 0 Å². The first-order valence-electron chi connectivity index (χ1n) is 10.9. The van der Waals surface area contributed by atoms with Crippen molar-refractivity contribution in [2.75, 3.05) is 13.1 Å². The molecule has 9 nitrogen and oxygen atoms in total. The van der Waals surface area contributed by atoms with Crippen LogP contribution in [-0.2, 0) is 16.1 Å². The smallest absolute Gasteiger partial charge is 0.272 e. The lowest BCUT2D eigenvalue weighted by molar-refractivity contribution is -0.136. The molecule has 33 heavy (non-hydrogen) atoms. The van der Waals surface area contributed by atoms with Crippen LogP contribution < -0.4 is 5.32 Å². The van der Waals surface area contributed by atoms with Gasteiger partial charge in [-0.25, -0.2) is 14.4 Å². The van der Waals surface area contributed by atoms with Crippen molar-refractivity contribution in [1.29, 1.82) is 0 Å². The number of rotatable bonds is 3. The van der Waals surface area contributed by atoms with Crippen LogP contribution in [0.4, 0.5) is 4.39 Å². The van der Waals surface area contributed by atoms with Crippen molar-refractivity contribution in [3.8, 4) is 0 Å². The SMILES string of the molecule is O=C1CCC(N2Cc3cc(C4CCN(C(=O)c5ccncn5)CC4)c(F)cc3C2=O)C(=O)N1. The summed E-state index contributed by atoms with van der Waals surface area (Å²) in [5, 5.41) is 2.27. The minimum absolute atomic E-state index is 0.0792. The van der Waals surface area contributed by atoms with E-state index in [1.54, 1.807) is 17.0 Å². The Kier molecular flexibility index (Phi) is 5.35. The molecule has 4 heterocycles. The molecule has 2 saturated heterocycles. The van der Waals surface area contributed by atoms with E-state index in [1.165, 1.54) is 23.5 Å². The molecule has 5 rings (SSSR count). The summed E-state index contributed by atoms with van der Waals surface area (Å²) < 4.78 is 15.0. The van der Waals surface area contributed by atoms with Gasteiger partial charge in [-0.2, -0.15) is 0 Å². The van der Waals surface area contributed by atoms with Crippen LogP contribution in [-0.4, -0.2) is 62.5 Å². The molecule has 3 aliphatic rings. The number of nitrogens with zero attached hydrogens (tertiary/aromatic N) is 4. The summed E-state index contributed by atoms with van der Waals surface area (Å²) in [7, 11) is 0. The van der Waals surface area contributed by atoms with Gasteiger partial charge in [-0.3, -0.25) is 24.5 Å². The highest BCUT2D eigenvalue weighted by molar-refractivity contribution is 6.05. The molecule has 0 saturated carbocycles. The highest BCUT2D eigenvalue weighted by atomic mass is 19.1. The Labute approximate surface area is 189 Å². The largest absolute Gasteiger partial charge is 0.337 e. The molecule has 1 N–H and O–H groups in total. The third kappa shape index (κ3) is 3.85. The predicted octanol–water partition coefficient (Wildman–Crippen LogP) is 1.40. The average molecular weight is 451 g/mol. The van der Waals surface area contributed by atoms with Gasteiger partial charge in [-0.15, -0.1) is 0 Å². The maximum Gasteiger partial charge on any atom is 0.272 e. The molecule has 1 aromatic carbocycles. The first-order chi connectivity index (χ1) is 15.9. The van der Waals surface area contributed by atoms with Crippen LogP contribution >= 0.6 is 0 Å². The number of carbonyl (C=O) groups is 4. The van der Waals surface area contributed by atoms with E-state index in [0.717, 1.165) is 0 Å². The second-order valence-corrected chi connectivity index (χ2v) is 8.59. The standard InChI is InChI=1S/C23H22FN5O4/c24-17-10-16-14(11-29(22(16)32)19-1-2-20(30)27-21(19)31)9-15(17)13-4-7-28(8-5-13)23(33)18-3-6-25-12-26-18/h3,6,9-10,12-13,19H,1-2,4-5,7-8,11H2,(H,27,30,31). The fourth-order valence-corrected chi connectivity index (χ4v) is 4.89. The number of benzene rings is 1. The van der Waals surface area contributed by atoms with Crippen LogP contribution in [0.25, 0.3) is 0 Å². The molecule has 10 heteroatoms. The summed E-state index contributed by atoms with van der Waals surface area (Å²) >= 11 is 0. The predicted molar refractivity (Wildman–Crippen MR) is 112 cm³/mol. The summed E-state index contributed by atoms with van der Waals surface area (Å²) in [4.78, 5) is 60.0. The Morgan fingerprint density at radius 3 is 2.61 bits per heavy atom. The van der Waals surface area contributed by atoms with E-state index in [2.05, 4.69) is 15.3 Å². The number of amides is 4. The fourth-order valence-electron chi connectivity index (χ4n) is 4.89. The van der Waals surface area contributed by atoms with Crippen LogP contribution in [0.3, 0.4) is 0 Å². The Morgan fingerprint density at radius 2 is 1.91 bits per heavy atom. The van der Waals surface area contributed by atoms with Crippen molar-refractivity contribution in [1.82, 2.24) is 25.1 Å². The Bertz CT molecular complexity index is 1150. The van der Waals surface area contributed by atoms with Gasteiger partial charge in [0.05, 0.1) is 0 Å². The number of likely N-dealkylation sites (tertiary alicyclic amines) is 1. The summed E-state index contributed by atoms with van der Waals surface area (Å²) in [5.74, 6) is -1.93. The van der Waals surface area contributed by atoms with Crippen LogP contribution in [0.5, 0.6) is 0 Å². The van der Waals surface area contributed by atoms with Gasteiger partial charge in [0.15, 0.2) is 0 Å². The Morgan fingerprint density at radius 1 is 1.12 bits per heavy atom. The molecule has 1 atom stereocenters. The molecule has 0 radical (unpaired) electrons. The Hall–Kier alpha value is -3.69. The van der Waals surface area contributed by atoms with E-state index in [-0.39, 0.29) is 42.7 Å². The van der Waals surface area contributed by atoms with Crippen LogP contribution in [0, 0.1) is 5.82 Å². The quantitative estimate of drug-likeness (QED) is 0.706. The molecule has 170 valence electrons. The van der Waals surface area contributed by atoms with E-state index in [1.807, 2.05) is 0 Å². The topological polar surface area (TPSA) is 113 Å². The maximum atomic E-state index is 15.0. The van der Waals surface area contributed by atoms with Gasteiger partial charge in [-0.1, -0.05) is 6.07 Å². The zero-order chi connectivity index (χ0) is 23.1. The molecule has 1 aromatic heterocycles. The van der Waals surface area contributed by atoms with E-state index >= 15 is 4.39 Å². The number of halogens is 1. The normalized spacial score (nSPS) is 21.2. The van der Waals surface area contributed by atoms with Crippen LogP contribution in [0.1, 0.15) is 63.6 Å². The lowest BCUT2D eigenvalue weighted by atomic mass is 9.87.